The number of hydrogen-bond acceptors (Lipinski definition) is 3. The number of methoxy groups -OCH3 is 2. The van der Waals surface area contributed by atoms with Gasteiger partial charge in [-0.15, -0.1) is 0 Å². The van der Waals surface area contributed by atoms with Gasteiger partial charge in [0.1, 0.15) is 15.4 Å². The minimum atomic E-state index is 0. The van der Waals surface area contributed by atoms with Crippen LogP contribution in [0.1, 0.15) is 28.2 Å². The van der Waals surface area contributed by atoms with Gasteiger partial charge in [-0.3, -0.25) is 0 Å². The van der Waals surface area contributed by atoms with Crippen LogP contribution in [-0.4, -0.2) is 35.1 Å². The summed E-state index contributed by atoms with van der Waals surface area (Å²) in [7, 11) is 4.13. The molecule has 2 radical (unpaired) electrons. The van der Waals surface area contributed by atoms with Crippen LogP contribution in [0.2, 0.25) is 6.04 Å². The van der Waals surface area contributed by atoms with Gasteiger partial charge in [-0.1, -0.05) is 46.5 Å². The van der Waals surface area contributed by atoms with E-state index in [2.05, 4.69) is 24.9 Å². The number of thiocarbonyl (C=S) groups is 1. The molecular formula is C9H33NO2S5Si. The van der Waals surface area contributed by atoms with Gasteiger partial charge in [0.25, 0.3) is 0 Å². The van der Waals surface area contributed by atoms with Crippen molar-refractivity contribution in [1.82, 2.24) is 0 Å². The molecule has 0 rings (SSSR count). The van der Waals surface area contributed by atoms with Crippen molar-refractivity contribution in [3.8, 4) is 0 Å². The summed E-state index contributed by atoms with van der Waals surface area (Å²) in [4.78, 5) is 0. The third kappa shape index (κ3) is 52.9. The van der Waals surface area contributed by atoms with E-state index in [1.165, 1.54) is 12.5 Å². The molecular weight excluding hydrogens is 343 g/mol. The lowest BCUT2D eigenvalue weighted by Crippen LogP contribution is -2.20. The highest BCUT2D eigenvalue weighted by atomic mass is 32.1. The van der Waals surface area contributed by atoms with Crippen LogP contribution in [0, 0.1) is 0 Å². The number of nitrogens with two attached hydrogens (primary N) is 1. The van der Waals surface area contributed by atoms with E-state index < -0.39 is 0 Å². The quantitative estimate of drug-likeness (QED) is 0.456. The summed E-state index contributed by atoms with van der Waals surface area (Å²) in [6.07, 6.45) is 1.21. The first-order chi connectivity index (χ1) is 5.76. The lowest BCUT2D eigenvalue weighted by Gasteiger charge is -2.10. The zero-order chi connectivity index (χ0) is 9.82. The first kappa shape index (κ1) is 50.5. The third-order valence-electron chi connectivity index (χ3n) is 0.989. The Morgan fingerprint density at radius 1 is 1.11 bits per heavy atom. The molecule has 0 amide bonds. The Hall–Kier alpha value is 1.43. The second-order valence-electron chi connectivity index (χ2n) is 1.89. The summed E-state index contributed by atoms with van der Waals surface area (Å²) in [5.74, 6) is 0.0324. The van der Waals surface area contributed by atoms with Crippen LogP contribution in [0.5, 0.6) is 0 Å². The van der Waals surface area contributed by atoms with Gasteiger partial charge >= 0.3 is 0 Å². The minimum absolute atomic E-state index is 0. The van der Waals surface area contributed by atoms with Crippen molar-refractivity contribution in [3.05, 3.63) is 0 Å². The highest BCUT2D eigenvalue weighted by Gasteiger charge is 2.03. The van der Waals surface area contributed by atoms with Gasteiger partial charge in [0.15, 0.2) is 0 Å². The molecule has 9 heteroatoms. The molecule has 120 valence electrons. The topological polar surface area (TPSA) is 44.5 Å². The first-order valence-corrected chi connectivity index (χ1v) is 5.46. The Morgan fingerprint density at radius 3 is 1.56 bits per heavy atom. The average Bonchev–Trinajstić information content (AvgIpc) is 2.08. The van der Waals surface area contributed by atoms with Gasteiger partial charge in [-0.05, 0) is 0 Å². The van der Waals surface area contributed by atoms with E-state index in [0.29, 0.717) is 0 Å². The minimum Gasteiger partial charge on any atom is -0.396 e. The molecule has 0 spiro atoms. The fourth-order valence-electron chi connectivity index (χ4n) is 0.525. The summed E-state index contributed by atoms with van der Waals surface area (Å²) in [5, 5.41) is 0. The Kier molecular flexibility index (Phi) is 144. The van der Waals surface area contributed by atoms with Gasteiger partial charge in [-0.2, -0.15) is 54.0 Å². The van der Waals surface area contributed by atoms with Crippen LogP contribution in [0.15, 0.2) is 0 Å². The lowest BCUT2D eigenvalue weighted by atomic mass is 10.6. The smallest absolute Gasteiger partial charge is 0.136 e. The Balaban J connectivity index is -0.0000000170. The zero-order valence-corrected chi connectivity index (χ0v) is 15.7. The standard InChI is InChI=1S/C6H14O2Si.CH3NS.2CH4.4H2S/c1-4-5-9-6(7-2)8-3;2-1-3;;;;;;/h6H,4-5H2,1-3H3;1H,(H2,2,3);2*1H4;4*1H2. The van der Waals surface area contributed by atoms with Crippen molar-refractivity contribution >= 4 is 81.2 Å². The van der Waals surface area contributed by atoms with E-state index >= 15 is 0 Å². The SMILES string of the molecule is C.C.CCC[Si]C(OC)OC.NC=S.S.S.S.S. The first-order valence-electron chi connectivity index (χ1n) is 3.71. The molecule has 0 bridgehead atoms. The molecule has 0 atom stereocenters. The number of ether oxygens (including phenoxy) is 2. The Bertz CT molecular complexity index is 103. The average molecular weight is 376 g/mol. The summed E-state index contributed by atoms with van der Waals surface area (Å²) in [6, 6.07) is 1.20. The number of hydrogen-bond donors (Lipinski definition) is 1. The van der Waals surface area contributed by atoms with E-state index in [1.54, 1.807) is 14.2 Å². The molecule has 0 aliphatic heterocycles. The molecule has 0 aliphatic rings. The Labute approximate surface area is 150 Å². The zero-order valence-electron chi connectivity index (χ0n) is 9.87. The number of rotatable bonds is 5. The molecule has 18 heavy (non-hydrogen) atoms. The fraction of sp³-hybridized carbons (Fsp3) is 0.889. The van der Waals surface area contributed by atoms with Crippen LogP contribution in [0.25, 0.3) is 0 Å². The maximum atomic E-state index is 4.99. The van der Waals surface area contributed by atoms with E-state index in [9.17, 15) is 0 Å². The van der Waals surface area contributed by atoms with Crippen molar-refractivity contribution in [3.63, 3.8) is 0 Å². The molecule has 2 N–H and O–H groups in total. The van der Waals surface area contributed by atoms with E-state index in [1.807, 2.05) is 0 Å². The monoisotopic (exact) mass is 375 g/mol. The van der Waals surface area contributed by atoms with Crippen LogP contribution < -0.4 is 5.73 Å². The second-order valence-corrected chi connectivity index (χ2v) is 3.55. The molecule has 0 aromatic carbocycles. The molecule has 0 saturated carbocycles. The van der Waals surface area contributed by atoms with E-state index in [4.69, 9.17) is 9.47 Å². The van der Waals surface area contributed by atoms with E-state index in [-0.39, 0.29) is 74.7 Å². The molecule has 0 unspecified atom stereocenters. The Morgan fingerprint density at radius 2 is 1.39 bits per heavy atom. The maximum absolute atomic E-state index is 4.99. The van der Waals surface area contributed by atoms with Gasteiger partial charge < -0.3 is 15.2 Å². The van der Waals surface area contributed by atoms with Crippen molar-refractivity contribution < 1.29 is 9.47 Å². The van der Waals surface area contributed by atoms with E-state index in [0.717, 1.165) is 15.0 Å². The van der Waals surface area contributed by atoms with Crippen LogP contribution >= 0.6 is 66.2 Å². The molecule has 0 aromatic heterocycles. The molecule has 0 fully saturated rings. The predicted octanol–water partition coefficient (Wildman–Crippen LogP) is 2.72. The maximum Gasteiger partial charge on any atom is 0.136 e. The van der Waals surface area contributed by atoms with Crippen LogP contribution in [0.3, 0.4) is 0 Å². The largest absolute Gasteiger partial charge is 0.396 e. The molecule has 0 saturated heterocycles. The van der Waals surface area contributed by atoms with Crippen molar-refractivity contribution in [2.75, 3.05) is 14.2 Å². The van der Waals surface area contributed by atoms with Crippen LogP contribution in [-0.2, 0) is 9.47 Å². The predicted molar refractivity (Wildman–Crippen MR) is 111 cm³/mol. The van der Waals surface area contributed by atoms with Crippen LogP contribution in [0.4, 0.5) is 0 Å². The molecule has 0 heterocycles. The molecule has 0 aliphatic carbocycles. The van der Waals surface area contributed by atoms with Gasteiger partial charge in [0.2, 0.25) is 0 Å². The second kappa shape index (κ2) is 51.5. The molecule has 3 nitrogen and oxygen atoms in total. The fourth-order valence-corrected chi connectivity index (χ4v) is 1.38. The summed E-state index contributed by atoms with van der Waals surface area (Å²) in [5.41, 5.74) is 5.62. The lowest BCUT2D eigenvalue weighted by molar-refractivity contribution is -0.0441. The highest BCUT2D eigenvalue weighted by molar-refractivity contribution is 7.78. The van der Waals surface area contributed by atoms with Crippen molar-refractivity contribution in [2.24, 2.45) is 5.73 Å². The van der Waals surface area contributed by atoms with Gasteiger partial charge in [0.05, 0.1) is 5.49 Å². The summed E-state index contributed by atoms with van der Waals surface area (Å²) in [6.45, 7) is 2.16. The third-order valence-corrected chi connectivity index (χ3v) is 2.58. The van der Waals surface area contributed by atoms with Crippen molar-refractivity contribution in [2.45, 2.75) is 40.2 Å². The normalized spacial score (nSPS) is 6.00. The summed E-state index contributed by atoms with van der Waals surface area (Å²) < 4.78 is 9.98. The highest BCUT2D eigenvalue weighted by Crippen LogP contribution is 1.94. The molecule has 0 aromatic rings. The van der Waals surface area contributed by atoms with Gasteiger partial charge in [0, 0.05) is 14.2 Å². The summed E-state index contributed by atoms with van der Waals surface area (Å²) >= 11 is 4.05. The van der Waals surface area contributed by atoms with Gasteiger partial charge in [-0.25, -0.2) is 0 Å². The van der Waals surface area contributed by atoms with Crippen molar-refractivity contribution in [1.29, 1.82) is 0 Å².